The molecule has 0 bridgehead atoms. The third-order valence-corrected chi connectivity index (χ3v) is 5.66. The van der Waals surface area contributed by atoms with Gasteiger partial charge < -0.3 is 10.4 Å². The summed E-state index contributed by atoms with van der Waals surface area (Å²) in [5, 5.41) is 12.9. The summed E-state index contributed by atoms with van der Waals surface area (Å²) in [6, 6.07) is 2.08. The number of aliphatic carboxylic acids is 1. The monoisotopic (exact) mass is 318 g/mol. The molecule has 1 atom stereocenters. The highest BCUT2D eigenvalue weighted by Gasteiger charge is 2.37. The highest BCUT2D eigenvalue weighted by Crippen LogP contribution is 2.32. The second kappa shape index (κ2) is 5.90. The van der Waals surface area contributed by atoms with Crippen molar-refractivity contribution in [3.05, 3.63) is 17.5 Å². The average molecular weight is 318 g/mol. The van der Waals surface area contributed by atoms with Gasteiger partial charge in [0.15, 0.2) is 0 Å². The number of amides is 1. The van der Waals surface area contributed by atoms with E-state index in [9.17, 15) is 18.0 Å². The van der Waals surface area contributed by atoms with Crippen molar-refractivity contribution in [3.63, 3.8) is 0 Å². The molecule has 0 aromatic carbocycles. The summed E-state index contributed by atoms with van der Waals surface area (Å²) in [5.74, 6) is -1.79. The third-order valence-electron chi connectivity index (χ3n) is 2.86. The first-order chi connectivity index (χ1) is 9.40. The molecule has 1 fully saturated rings. The fraction of sp³-hybridized carbons (Fsp3) is 0.455. The molecule has 1 saturated carbocycles. The first-order valence-electron chi connectivity index (χ1n) is 5.95. The van der Waals surface area contributed by atoms with Crippen molar-refractivity contribution in [3.8, 4) is 0 Å². The van der Waals surface area contributed by atoms with E-state index in [0.717, 1.165) is 24.2 Å². The van der Waals surface area contributed by atoms with Crippen molar-refractivity contribution in [2.75, 3.05) is 6.54 Å². The van der Waals surface area contributed by atoms with E-state index in [1.54, 1.807) is 11.4 Å². The number of carbonyl (C=O) groups excluding carboxylic acids is 1. The number of thiophene rings is 1. The van der Waals surface area contributed by atoms with E-state index in [1.807, 2.05) is 0 Å². The van der Waals surface area contributed by atoms with Crippen LogP contribution in [-0.2, 0) is 19.6 Å². The fourth-order valence-corrected chi connectivity index (χ4v) is 3.70. The number of sulfonamides is 1. The van der Waals surface area contributed by atoms with Crippen LogP contribution in [0.2, 0.25) is 0 Å². The van der Waals surface area contributed by atoms with E-state index < -0.39 is 34.5 Å². The molecule has 9 heteroatoms. The standard InChI is InChI=1S/C11H14N2O5S2/c14-8(13-10(11(15)16)7-3-4-7)6-12-20(17,18)9-2-1-5-19-9/h1-2,5,7,10,12H,3-4,6H2,(H,13,14)(H,15,16). The van der Waals surface area contributed by atoms with Crippen LogP contribution in [-0.4, -0.2) is 38.0 Å². The summed E-state index contributed by atoms with van der Waals surface area (Å²) in [6.45, 7) is -0.475. The molecule has 1 unspecified atom stereocenters. The molecule has 1 aromatic rings. The van der Waals surface area contributed by atoms with Crippen LogP contribution in [0.25, 0.3) is 0 Å². The maximum Gasteiger partial charge on any atom is 0.326 e. The average Bonchev–Trinajstić information content (AvgIpc) is 3.05. The number of carboxylic acid groups (broad SMARTS) is 1. The number of hydrogen-bond acceptors (Lipinski definition) is 5. The Labute approximate surface area is 120 Å². The van der Waals surface area contributed by atoms with Gasteiger partial charge in [-0.3, -0.25) is 4.79 Å². The Bertz CT molecular complexity index is 592. The Hall–Kier alpha value is -1.45. The van der Waals surface area contributed by atoms with Gasteiger partial charge in [0.2, 0.25) is 5.91 Å². The van der Waals surface area contributed by atoms with Gasteiger partial charge >= 0.3 is 5.97 Å². The van der Waals surface area contributed by atoms with Gasteiger partial charge in [-0.05, 0) is 30.2 Å². The minimum absolute atomic E-state index is 0.0506. The molecule has 0 saturated heterocycles. The van der Waals surface area contributed by atoms with Gasteiger partial charge in [0, 0.05) is 0 Å². The lowest BCUT2D eigenvalue weighted by atomic mass is 10.2. The first-order valence-corrected chi connectivity index (χ1v) is 8.32. The van der Waals surface area contributed by atoms with Crippen molar-refractivity contribution in [1.29, 1.82) is 0 Å². The lowest BCUT2D eigenvalue weighted by Gasteiger charge is -2.13. The van der Waals surface area contributed by atoms with E-state index in [0.29, 0.717) is 0 Å². The summed E-state index contributed by atoms with van der Waals surface area (Å²) >= 11 is 1.04. The summed E-state index contributed by atoms with van der Waals surface area (Å²) in [7, 11) is -3.71. The van der Waals surface area contributed by atoms with Crippen LogP contribution in [0, 0.1) is 5.92 Å². The molecule has 1 aromatic heterocycles. The molecule has 0 aliphatic heterocycles. The maximum atomic E-state index is 11.8. The van der Waals surface area contributed by atoms with Gasteiger partial charge in [-0.2, -0.15) is 0 Å². The summed E-state index contributed by atoms with van der Waals surface area (Å²) in [6.07, 6.45) is 1.52. The van der Waals surface area contributed by atoms with E-state index >= 15 is 0 Å². The Kier molecular flexibility index (Phi) is 4.41. The molecule has 20 heavy (non-hydrogen) atoms. The smallest absolute Gasteiger partial charge is 0.326 e. The molecule has 1 heterocycles. The van der Waals surface area contributed by atoms with Crippen molar-refractivity contribution < 1.29 is 23.1 Å². The second-order valence-corrected chi connectivity index (χ2v) is 7.42. The molecule has 0 spiro atoms. The summed E-state index contributed by atoms with van der Waals surface area (Å²) < 4.78 is 25.8. The third kappa shape index (κ3) is 3.78. The fourth-order valence-electron chi connectivity index (χ4n) is 1.68. The van der Waals surface area contributed by atoms with Crippen LogP contribution in [0.1, 0.15) is 12.8 Å². The molecule has 3 N–H and O–H groups in total. The Morgan fingerprint density at radius 1 is 1.45 bits per heavy atom. The van der Waals surface area contributed by atoms with E-state index in [4.69, 9.17) is 5.11 Å². The van der Waals surface area contributed by atoms with E-state index in [2.05, 4.69) is 10.0 Å². The topological polar surface area (TPSA) is 113 Å². The van der Waals surface area contributed by atoms with Crippen LogP contribution in [0.3, 0.4) is 0 Å². The van der Waals surface area contributed by atoms with Crippen LogP contribution in [0.4, 0.5) is 0 Å². The van der Waals surface area contributed by atoms with Gasteiger partial charge in [-0.25, -0.2) is 17.9 Å². The molecule has 110 valence electrons. The lowest BCUT2D eigenvalue weighted by molar-refractivity contribution is -0.142. The van der Waals surface area contributed by atoms with Gasteiger partial charge in [-0.1, -0.05) is 6.07 Å². The zero-order valence-electron chi connectivity index (χ0n) is 10.4. The van der Waals surface area contributed by atoms with Gasteiger partial charge in [0.05, 0.1) is 6.54 Å². The molecule has 1 aliphatic rings. The molecule has 0 radical (unpaired) electrons. The Balaban J connectivity index is 1.87. The zero-order valence-corrected chi connectivity index (χ0v) is 12.0. The van der Waals surface area contributed by atoms with E-state index in [1.165, 1.54) is 6.07 Å². The number of hydrogen-bond donors (Lipinski definition) is 3. The normalized spacial score (nSPS) is 16.6. The molecule has 1 amide bonds. The number of carboxylic acids is 1. The SMILES string of the molecule is O=C(CNS(=O)(=O)c1cccs1)NC(C(=O)O)C1CC1. The van der Waals surface area contributed by atoms with Crippen molar-refractivity contribution in [2.24, 2.45) is 5.92 Å². The largest absolute Gasteiger partial charge is 0.480 e. The van der Waals surface area contributed by atoms with Crippen molar-refractivity contribution in [1.82, 2.24) is 10.0 Å². The van der Waals surface area contributed by atoms with Gasteiger partial charge in [0.1, 0.15) is 10.3 Å². The molecular formula is C11H14N2O5S2. The molecular weight excluding hydrogens is 304 g/mol. The second-order valence-electron chi connectivity index (χ2n) is 4.48. The van der Waals surface area contributed by atoms with E-state index in [-0.39, 0.29) is 10.1 Å². The zero-order chi connectivity index (χ0) is 14.8. The van der Waals surface area contributed by atoms with Gasteiger partial charge in [0.25, 0.3) is 10.0 Å². The summed E-state index contributed by atoms with van der Waals surface area (Å²) in [4.78, 5) is 22.6. The molecule has 1 aliphatic carbocycles. The predicted molar refractivity (Wildman–Crippen MR) is 71.8 cm³/mol. The quantitative estimate of drug-likeness (QED) is 0.655. The Morgan fingerprint density at radius 2 is 2.15 bits per heavy atom. The highest BCUT2D eigenvalue weighted by atomic mass is 32.2. The molecule has 2 rings (SSSR count). The highest BCUT2D eigenvalue weighted by molar-refractivity contribution is 7.91. The maximum absolute atomic E-state index is 11.8. The summed E-state index contributed by atoms with van der Waals surface area (Å²) in [5.41, 5.74) is 0. The van der Waals surface area contributed by atoms with Crippen LogP contribution < -0.4 is 10.0 Å². The molecule has 7 nitrogen and oxygen atoms in total. The number of nitrogens with one attached hydrogen (secondary N) is 2. The number of carbonyl (C=O) groups is 2. The van der Waals surface area contributed by atoms with Crippen molar-refractivity contribution in [2.45, 2.75) is 23.1 Å². The van der Waals surface area contributed by atoms with Crippen LogP contribution in [0.15, 0.2) is 21.7 Å². The lowest BCUT2D eigenvalue weighted by Crippen LogP contribution is -2.46. The van der Waals surface area contributed by atoms with Gasteiger partial charge in [-0.15, -0.1) is 11.3 Å². The Morgan fingerprint density at radius 3 is 2.65 bits per heavy atom. The van der Waals surface area contributed by atoms with Crippen LogP contribution >= 0.6 is 11.3 Å². The minimum atomic E-state index is -3.71. The first kappa shape index (κ1) is 14.9. The van der Waals surface area contributed by atoms with Crippen molar-refractivity contribution >= 4 is 33.2 Å². The number of rotatable bonds is 7. The predicted octanol–water partition coefficient (Wildman–Crippen LogP) is 0.00580. The van der Waals surface area contributed by atoms with Crippen LogP contribution in [0.5, 0.6) is 0 Å². The minimum Gasteiger partial charge on any atom is -0.480 e.